The zero-order chi connectivity index (χ0) is 25.1. The molecule has 3 fully saturated rings. The Morgan fingerprint density at radius 1 is 1.08 bits per heavy atom. The van der Waals surface area contributed by atoms with Crippen LogP contribution in [0.1, 0.15) is 36.8 Å². The van der Waals surface area contributed by atoms with E-state index < -0.39 is 19.0 Å². The fourth-order valence-corrected chi connectivity index (χ4v) is 5.47. The Labute approximate surface area is 210 Å². The number of rotatable bonds is 10. The van der Waals surface area contributed by atoms with Gasteiger partial charge in [-0.3, -0.25) is 4.79 Å². The summed E-state index contributed by atoms with van der Waals surface area (Å²) < 4.78 is 36.9. The number of anilines is 1. The van der Waals surface area contributed by atoms with Crippen molar-refractivity contribution in [2.75, 3.05) is 44.8 Å². The van der Waals surface area contributed by atoms with Crippen molar-refractivity contribution in [1.82, 2.24) is 14.9 Å². The van der Waals surface area contributed by atoms with Crippen molar-refractivity contribution in [2.45, 2.75) is 44.6 Å². The second-order valence-corrected chi connectivity index (χ2v) is 10.4. The average Bonchev–Trinajstić information content (AvgIpc) is 3.64. The number of amides is 1. The summed E-state index contributed by atoms with van der Waals surface area (Å²) in [6.07, 6.45) is 8.54. The molecule has 0 N–H and O–H groups in total. The number of nitrogens with zero attached hydrogens (tertiary/aromatic N) is 4. The van der Waals surface area contributed by atoms with Crippen LogP contribution in [-0.4, -0.2) is 66.6 Å². The van der Waals surface area contributed by atoms with Crippen LogP contribution in [-0.2, 0) is 22.6 Å². The maximum absolute atomic E-state index is 12.9. The minimum absolute atomic E-state index is 0.143. The Kier molecular flexibility index (Phi) is 7.37. The zero-order valence-electron chi connectivity index (χ0n) is 20.7. The summed E-state index contributed by atoms with van der Waals surface area (Å²) in [4.78, 5) is 24.5. The van der Waals surface area contributed by atoms with Gasteiger partial charge in [-0.25, -0.2) is 18.7 Å². The second-order valence-electron chi connectivity index (χ2n) is 10.4. The molecule has 2 aliphatic heterocycles. The molecular weight excluding hydrogens is 466 g/mol. The number of hydrogen-bond donors (Lipinski definition) is 0. The number of piperidine rings is 1. The average molecular weight is 501 g/mol. The van der Waals surface area contributed by atoms with Gasteiger partial charge in [-0.1, -0.05) is 12.1 Å². The number of benzene rings is 1. The van der Waals surface area contributed by atoms with Crippen LogP contribution in [0.5, 0.6) is 5.75 Å². The van der Waals surface area contributed by atoms with Crippen LogP contribution < -0.4 is 9.64 Å². The van der Waals surface area contributed by atoms with Gasteiger partial charge in [-0.15, -0.1) is 0 Å². The summed E-state index contributed by atoms with van der Waals surface area (Å²) in [5.74, 6) is 0.906. The molecule has 0 radical (unpaired) electrons. The van der Waals surface area contributed by atoms with Gasteiger partial charge < -0.3 is 19.3 Å². The molecule has 36 heavy (non-hydrogen) atoms. The highest BCUT2D eigenvalue weighted by Crippen LogP contribution is 2.49. The molecule has 2 unspecified atom stereocenters. The first-order chi connectivity index (χ1) is 17.4. The fraction of sp³-hybridized carbons (Fsp3) is 0.593. The molecule has 1 aromatic heterocycles. The van der Waals surface area contributed by atoms with Gasteiger partial charge in [-0.2, -0.15) is 0 Å². The number of hydrogen-bond acceptors (Lipinski definition) is 6. The van der Waals surface area contributed by atoms with E-state index in [0.29, 0.717) is 13.2 Å². The van der Waals surface area contributed by atoms with E-state index in [2.05, 4.69) is 14.9 Å². The molecule has 2 atom stereocenters. The normalized spacial score (nSPS) is 23.3. The highest BCUT2D eigenvalue weighted by Gasteiger charge is 2.46. The predicted molar refractivity (Wildman–Crippen MR) is 131 cm³/mol. The number of ether oxygens (including phenoxy) is 2. The van der Waals surface area contributed by atoms with Crippen LogP contribution in [0.4, 0.5) is 14.7 Å². The van der Waals surface area contributed by atoms with Crippen LogP contribution >= 0.6 is 0 Å². The monoisotopic (exact) mass is 500 g/mol. The minimum atomic E-state index is -2.72. The standard InChI is InChI=1S/C27H34F2N4O3/c1-35-16-20-14-30-26(31-15-20)32-9-6-21(7-10-32)24-13-22(24)8-11-36-23-4-2-19(3-5-23)12-25(34)33-17-27(28,29)18-33/h2-5,14-15,21-22,24H,6-13,16-18H2,1H3. The lowest BCUT2D eigenvalue weighted by atomic mass is 9.90. The van der Waals surface area contributed by atoms with E-state index in [1.165, 1.54) is 24.2 Å². The predicted octanol–water partition coefficient (Wildman–Crippen LogP) is 3.96. The van der Waals surface area contributed by atoms with Crippen LogP contribution in [0.15, 0.2) is 36.7 Å². The van der Waals surface area contributed by atoms with Crippen molar-refractivity contribution in [3.8, 4) is 5.75 Å². The van der Waals surface area contributed by atoms with Gasteiger partial charge >= 0.3 is 0 Å². The number of halogens is 2. The Bertz CT molecular complexity index is 1020. The first kappa shape index (κ1) is 24.9. The van der Waals surface area contributed by atoms with Crippen LogP contribution in [0.25, 0.3) is 0 Å². The summed E-state index contributed by atoms with van der Waals surface area (Å²) in [6, 6.07) is 7.40. The third kappa shape index (κ3) is 6.11. The molecule has 0 spiro atoms. The van der Waals surface area contributed by atoms with Crippen LogP contribution in [0, 0.1) is 17.8 Å². The molecule has 3 aliphatic rings. The molecule has 7 nitrogen and oxygen atoms in total. The quantitative estimate of drug-likeness (QED) is 0.492. The topological polar surface area (TPSA) is 67.8 Å². The van der Waals surface area contributed by atoms with Crippen LogP contribution in [0.2, 0.25) is 0 Å². The molecular formula is C27H34F2N4O3. The highest BCUT2D eigenvalue weighted by molar-refractivity contribution is 5.79. The maximum Gasteiger partial charge on any atom is 0.282 e. The number of aromatic nitrogens is 2. The van der Waals surface area contributed by atoms with Crippen molar-refractivity contribution in [2.24, 2.45) is 17.8 Å². The highest BCUT2D eigenvalue weighted by atomic mass is 19.3. The van der Waals surface area contributed by atoms with Crippen molar-refractivity contribution < 1.29 is 23.0 Å². The number of carbonyl (C=O) groups is 1. The molecule has 2 saturated heterocycles. The van der Waals surface area contributed by atoms with Crippen molar-refractivity contribution in [1.29, 1.82) is 0 Å². The largest absolute Gasteiger partial charge is 0.494 e. The SMILES string of the molecule is COCc1cnc(N2CCC(C3CC3CCOc3ccc(CC(=O)N4CC(F)(F)C4)cc3)CC2)nc1. The van der Waals surface area contributed by atoms with E-state index in [1.807, 2.05) is 36.7 Å². The third-order valence-corrected chi connectivity index (χ3v) is 7.64. The Hall–Kier alpha value is -2.81. The molecule has 1 aliphatic carbocycles. The van der Waals surface area contributed by atoms with E-state index in [0.717, 1.165) is 60.1 Å². The molecule has 5 rings (SSSR count). The minimum Gasteiger partial charge on any atom is -0.494 e. The summed E-state index contributed by atoms with van der Waals surface area (Å²) in [7, 11) is 1.67. The molecule has 1 amide bonds. The number of methoxy groups -OCH3 is 1. The van der Waals surface area contributed by atoms with Gasteiger partial charge in [0, 0.05) is 38.2 Å². The third-order valence-electron chi connectivity index (χ3n) is 7.64. The maximum atomic E-state index is 12.9. The lowest BCUT2D eigenvalue weighted by molar-refractivity contribution is -0.165. The summed E-state index contributed by atoms with van der Waals surface area (Å²) in [6.45, 7) is 2.29. The summed E-state index contributed by atoms with van der Waals surface area (Å²) in [5.41, 5.74) is 1.80. The first-order valence-corrected chi connectivity index (χ1v) is 12.8. The van der Waals surface area contributed by atoms with E-state index in [4.69, 9.17) is 9.47 Å². The number of alkyl halides is 2. The molecule has 9 heteroatoms. The number of likely N-dealkylation sites (tertiary alicyclic amines) is 1. The van der Waals surface area contributed by atoms with E-state index >= 15 is 0 Å². The van der Waals surface area contributed by atoms with Crippen molar-refractivity contribution >= 4 is 11.9 Å². The van der Waals surface area contributed by atoms with E-state index in [-0.39, 0.29) is 12.3 Å². The van der Waals surface area contributed by atoms with Crippen LogP contribution in [0.3, 0.4) is 0 Å². The van der Waals surface area contributed by atoms with Gasteiger partial charge in [0.15, 0.2) is 0 Å². The van der Waals surface area contributed by atoms with E-state index in [1.54, 1.807) is 7.11 Å². The molecule has 0 bridgehead atoms. The molecule has 2 aromatic rings. The first-order valence-electron chi connectivity index (χ1n) is 12.8. The van der Waals surface area contributed by atoms with Crippen molar-refractivity contribution in [3.63, 3.8) is 0 Å². The molecule has 1 saturated carbocycles. The Balaban J connectivity index is 0.981. The zero-order valence-corrected chi connectivity index (χ0v) is 20.7. The van der Waals surface area contributed by atoms with Gasteiger partial charge in [0.25, 0.3) is 5.92 Å². The fourth-order valence-electron chi connectivity index (χ4n) is 5.47. The second kappa shape index (κ2) is 10.7. The Morgan fingerprint density at radius 2 is 1.78 bits per heavy atom. The van der Waals surface area contributed by atoms with Gasteiger partial charge in [0.05, 0.1) is 32.7 Å². The summed E-state index contributed by atoms with van der Waals surface area (Å²) in [5, 5.41) is 0. The lowest BCUT2D eigenvalue weighted by Gasteiger charge is -2.38. The molecule has 194 valence electrons. The lowest BCUT2D eigenvalue weighted by Crippen LogP contribution is -2.58. The van der Waals surface area contributed by atoms with Gasteiger partial charge in [-0.05, 0) is 61.1 Å². The van der Waals surface area contributed by atoms with E-state index in [9.17, 15) is 13.6 Å². The number of carbonyl (C=O) groups excluding carboxylic acids is 1. The smallest absolute Gasteiger partial charge is 0.282 e. The summed E-state index contributed by atoms with van der Waals surface area (Å²) >= 11 is 0. The van der Waals surface area contributed by atoms with Gasteiger partial charge in [0.2, 0.25) is 11.9 Å². The molecule has 1 aromatic carbocycles. The van der Waals surface area contributed by atoms with Gasteiger partial charge in [0.1, 0.15) is 5.75 Å². The Morgan fingerprint density at radius 3 is 2.42 bits per heavy atom. The van der Waals surface area contributed by atoms with Crippen molar-refractivity contribution in [3.05, 3.63) is 47.8 Å². The molecule has 3 heterocycles.